The maximum Gasteiger partial charge on any atom is 0.574 e. The molecule has 0 fully saturated rings. The Labute approximate surface area is 110 Å². The van der Waals surface area contributed by atoms with Crippen molar-refractivity contribution < 1.29 is 31.1 Å². The first-order chi connectivity index (χ1) is 8.04. The highest BCUT2D eigenvalue weighted by Crippen LogP contribution is 2.36. The van der Waals surface area contributed by atoms with E-state index >= 15 is 0 Å². The van der Waals surface area contributed by atoms with Gasteiger partial charge in [-0.05, 0) is 22.6 Å². The zero-order chi connectivity index (χ0) is 14.1. The Morgan fingerprint density at radius 3 is 2.17 bits per heavy atom. The summed E-state index contributed by atoms with van der Waals surface area (Å²) in [5, 5.41) is 8.53. The summed E-state index contributed by atoms with van der Waals surface area (Å²) < 4.78 is 75.9. The summed E-state index contributed by atoms with van der Waals surface area (Å²) in [5.41, 5.74) is -2.37. The number of hydrogen-bond donors (Lipinski definition) is 0. The number of alkyl halides is 6. The van der Waals surface area contributed by atoms with Crippen molar-refractivity contribution in [3.63, 3.8) is 0 Å². The number of pyridine rings is 1. The lowest BCUT2D eigenvalue weighted by Gasteiger charge is -2.13. The van der Waals surface area contributed by atoms with Gasteiger partial charge in [-0.3, -0.25) is 0 Å². The number of nitrogens with zero attached hydrogens (tertiary/aromatic N) is 2. The van der Waals surface area contributed by atoms with Crippen molar-refractivity contribution in [3.05, 3.63) is 20.9 Å². The molecule has 0 aliphatic carbocycles. The van der Waals surface area contributed by atoms with Crippen LogP contribution in [0.4, 0.5) is 26.3 Å². The second-order valence-corrected chi connectivity index (χ2v) is 3.85. The second-order valence-electron chi connectivity index (χ2n) is 2.83. The quantitative estimate of drug-likeness (QED) is 0.425. The highest BCUT2D eigenvalue weighted by atomic mass is 127. The summed E-state index contributed by atoms with van der Waals surface area (Å²) in [5.74, 6) is -1.27. The van der Waals surface area contributed by atoms with Crippen LogP contribution in [0.25, 0.3) is 0 Å². The minimum Gasteiger partial charge on any atom is -0.388 e. The van der Waals surface area contributed by atoms with Gasteiger partial charge in [-0.25, -0.2) is 4.98 Å². The van der Waals surface area contributed by atoms with E-state index in [-0.39, 0.29) is 6.07 Å². The lowest BCUT2D eigenvalue weighted by atomic mass is 10.1. The predicted molar refractivity (Wildman–Crippen MR) is 53.4 cm³/mol. The molecular weight excluding hydrogens is 381 g/mol. The van der Waals surface area contributed by atoms with E-state index < -0.39 is 33.2 Å². The Hall–Kier alpha value is -1.25. The van der Waals surface area contributed by atoms with Crippen molar-refractivity contribution in [3.8, 4) is 11.9 Å². The number of halogens is 7. The molecule has 0 atom stereocenters. The molecule has 1 aromatic heterocycles. The van der Waals surface area contributed by atoms with Crippen LogP contribution in [0.5, 0.6) is 5.88 Å². The second kappa shape index (κ2) is 4.79. The van der Waals surface area contributed by atoms with E-state index in [9.17, 15) is 26.3 Å². The van der Waals surface area contributed by atoms with Crippen molar-refractivity contribution in [2.24, 2.45) is 0 Å². The summed E-state index contributed by atoms with van der Waals surface area (Å²) in [4.78, 5) is 3.13. The van der Waals surface area contributed by atoms with Gasteiger partial charge in [-0.1, -0.05) is 0 Å². The molecule has 0 N–H and O–H groups in total. The molecule has 0 saturated heterocycles. The Morgan fingerprint density at radius 2 is 1.78 bits per heavy atom. The Bertz CT molecular complexity index is 504. The lowest BCUT2D eigenvalue weighted by molar-refractivity contribution is -0.276. The fraction of sp³-hybridized carbons (Fsp3) is 0.250. The molecule has 1 rings (SSSR count). The third kappa shape index (κ3) is 3.62. The van der Waals surface area contributed by atoms with E-state index in [0.717, 1.165) is 0 Å². The molecule has 0 unspecified atom stereocenters. The van der Waals surface area contributed by atoms with Gasteiger partial charge in [0.25, 0.3) is 0 Å². The van der Waals surface area contributed by atoms with E-state index in [2.05, 4.69) is 9.72 Å². The smallest absolute Gasteiger partial charge is 0.388 e. The minimum absolute atomic E-state index is 0.0359. The average Bonchev–Trinajstić information content (AvgIpc) is 2.12. The molecular formula is C8HF6IN2O. The van der Waals surface area contributed by atoms with Crippen molar-refractivity contribution in [2.45, 2.75) is 12.5 Å². The summed E-state index contributed by atoms with van der Waals surface area (Å²) in [7, 11) is 0. The summed E-state index contributed by atoms with van der Waals surface area (Å²) >= 11 is 1.22. The molecule has 98 valence electrons. The highest BCUT2D eigenvalue weighted by molar-refractivity contribution is 14.1. The first kappa shape index (κ1) is 14.8. The number of rotatable bonds is 1. The molecule has 0 aromatic carbocycles. The Kier molecular flexibility index (Phi) is 3.94. The van der Waals surface area contributed by atoms with Crippen LogP contribution < -0.4 is 4.74 Å². The summed E-state index contributed by atoms with van der Waals surface area (Å²) in [6.07, 6.45) is -10.1. The van der Waals surface area contributed by atoms with E-state index in [1.54, 1.807) is 0 Å². The van der Waals surface area contributed by atoms with Crippen LogP contribution in [0, 0.1) is 15.0 Å². The van der Waals surface area contributed by atoms with Crippen molar-refractivity contribution in [1.82, 2.24) is 4.98 Å². The zero-order valence-electron chi connectivity index (χ0n) is 8.03. The SMILES string of the molecule is N#Cc1c(C(F)(F)F)cc(OC(F)(F)F)nc1I. The van der Waals surface area contributed by atoms with Crippen LogP contribution in [0.2, 0.25) is 0 Å². The molecule has 1 heterocycles. The lowest BCUT2D eigenvalue weighted by Crippen LogP contribution is -2.19. The number of ether oxygens (including phenoxy) is 1. The van der Waals surface area contributed by atoms with Gasteiger partial charge in [0.05, 0.1) is 11.1 Å². The standard InChI is InChI=1S/C8HF6IN2O/c9-7(10,11)4-1-5(18-8(12,13)14)17-6(15)3(4)2-16/h1H. The molecule has 18 heavy (non-hydrogen) atoms. The van der Waals surface area contributed by atoms with Gasteiger partial charge in [0.2, 0.25) is 5.88 Å². The molecule has 1 aromatic rings. The third-order valence-electron chi connectivity index (χ3n) is 1.59. The Balaban J connectivity index is 3.37. The fourth-order valence-corrected chi connectivity index (χ4v) is 1.64. The van der Waals surface area contributed by atoms with Crippen LogP contribution in [-0.2, 0) is 6.18 Å². The number of aromatic nitrogens is 1. The molecule has 0 bridgehead atoms. The maximum atomic E-state index is 12.5. The van der Waals surface area contributed by atoms with Crippen molar-refractivity contribution in [1.29, 1.82) is 5.26 Å². The predicted octanol–water partition coefficient (Wildman–Crippen LogP) is 3.48. The first-order valence-corrected chi connectivity index (χ1v) is 5.06. The number of nitriles is 1. The maximum absolute atomic E-state index is 12.5. The van der Waals surface area contributed by atoms with Crippen molar-refractivity contribution in [2.75, 3.05) is 0 Å². The normalized spacial score (nSPS) is 12.1. The monoisotopic (exact) mass is 382 g/mol. The van der Waals surface area contributed by atoms with E-state index in [1.807, 2.05) is 0 Å². The van der Waals surface area contributed by atoms with Gasteiger partial charge in [0, 0.05) is 6.07 Å². The zero-order valence-corrected chi connectivity index (χ0v) is 10.2. The molecule has 3 nitrogen and oxygen atoms in total. The molecule has 0 aliphatic rings. The number of hydrogen-bond acceptors (Lipinski definition) is 3. The first-order valence-electron chi connectivity index (χ1n) is 3.98. The topological polar surface area (TPSA) is 45.9 Å². The highest BCUT2D eigenvalue weighted by Gasteiger charge is 2.38. The van der Waals surface area contributed by atoms with Gasteiger partial charge in [0.1, 0.15) is 9.77 Å². The van der Waals surface area contributed by atoms with Crippen LogP contribution >= 0.6 is 22.6 Å². The minimum atomic E-state index is -5.16. The Morgan fingerprint density at radius 1 is 1.22 bits per heavy atom. The molecule has 0 amide bonds. The van der Waals surface area contributed by atoms with Gasteiger partial charge < -0.3 is 4.74 Å². The van der Waals surface area contributed by atoms with Crippen LogP contribution in [0.15, 0.2) is 6.07 Å². The van der Waals surface area contributed by atoms with Gasteiger partial charge in [-0.2, -0.15) is 18.4 Å². The van der Waals surface area contributed by atoms with Crippen LogP contribution in [0.3, 0.4) is 0 Å². The molecule has 0 spiro atoms. The van der Waals surface area contributed by atoms with Gasteiger partial charge in [0.15, 0.2) is 0 Å². The average molecular weight is 382 g/mol. The summed E-state index contributed by atoms with van der Waals surface area (Å²) in [6, 6.07) is 1.27. The van der Waals surface area contributed by atoms with E-state index in [0.29, 0.717) is 0 Å². The van der Waals surface area contributed by atoms with E-state index in [1.165, 1.54) is 28.7 Å². The van der Waals surface area contributed by atoms with Gasteiger partial charge >= 0.3 is 12.5 Å². The molecule has 0 radical (unpaired) electrons. The van der Waals surface area contributed by atoms with Crippen LogP contribution in [-0.4, -0.2) is 11.3 Å². The molecule has 10 heteroatoms. The van der Waals surface area contributed by atoms with Crippen molar-refractivity contribution >= 4 is 22.6 Å². The third-order valence-corrected chi connectivity index (χ3v) is 2.37. The molecule has 0 aliphatic heterocycles. The molecule has 0 saturated carbocycles. The summed E-state index contributed by atoms with van der Waals surface area (Å²) in [6.45, 7) is 0. The largest absolute Gasteiger partial charge is 0.574 e. The fourth-order valence-electron chi connectivity index (χ4n) is 0.992. The van der Waals surface area contributed by atoms with E-state index in [4.69, 9.17) is 5.26 Å². The van der Waals surface area contributed by atoms with Gasteiger partial charge in [-0.15, -0.1) is 13.2 Å². The van der Waals surface area contributed by atoms with Crippen LogP contribution in [0.1, 0.15) is 11.1 Å².